The average molecular weight is 348 g/mol. The molecule has 3 aromatic rings. The number of rotatable bonds is 4. The van der Waals surface area contributed by atoms with Gasteiger partial charge in [0.1, 0.15) is 11.6 Å². The molecule has 0 radical (unpaired) electrons. The molecule has 0 saturated heterocycles. The van der Waals surface area contributed by atoms with Gasteiger partial charge in [-0.05, 0) is 11.5 Å². The normalized spacial score (nSPS) is 13.5. The van der Waals surface area contributed by atoms with Gasteiger partial charge in [-0.3, -0.25) is 9.69 Å². The molecule has 1 aliphatic heterocycles. The lowest BCUT2D eigenvalue weighted by molar-refractivity contribution is -0.117. The van der Waals surface area contributed by atoms with Crippen LogP contribution in [0.4, 0.5) is 11.6 Å². The van der Waals surface area contributed by atoms with Gasteiger partial charge in [0.2, 0.25) is 5.91 Å². The Morgan fingerprint density at radius 1 is 1.23 bits per heavy atom. The van der Waals surface area contributed by atoms with Gasteiger partial charge in [0.15, 0.2) is 11.6 Å². The second-order valence-electron chi connectivity index (χ2n) is 6.72. The Kier molecular flexibility index (Phi) is 3.91. The van der Waals surface area contributed by atoms with E-state index in [0.29, 0.717) is 41.3 Å². The lowest BCUT2D eigenvalue weighted by Gasteiger charge is -2.17. The van der Waals surface area contributed by atoms with E-state index in [1.165, 1.54) is 0 Å². The fourth-order valence-corrected chi connectivity index (χ4v) is 3.02. The highest BCUT2D eigenvalue weighted by atomic mass is 16.2. The van der Waals surface area contributed by atoms with Gasteiger partial charge >= 0.3 is 0 Å². The number of anilines is 2. The number of benzene rings is 1. The van der Waals surface area contributed by atoms with Crippen LogP contribution in [0, 0.1) is 0 Å². The van der Waals surface area contributed by atoms with Crippen LogP contribution in [0.5, 0.6) is 0 Å². The number of imidazole rings is 1. The maximum absolute atomic E-state index is 12.5. The zero-order valence-electron chi connectivity index (χ0n) is 14.7. The minimum absolute atomic E-state index is 0.0238. The molecule has 0 spiro atoms. The summed E-state index contributed by atoms with van der Waals surface area (Å²) in [4.78, 5) is 30.7. The molecule has 7 heteroatoms. The zero-order chi connectivity index (χ0) is 18.3. The Morgan fingerprint density at radius 2 is 2.00 bits per heavy atom. The molecule has 26 heavy (non-hydrogen) atoms. The van der Waals surface area contributed by atoms with Gasteiger partial charge in [-0.15, -0.1) is 0 Å². The number of H-pyrrole nitrogens is 1. The van der Waals surface area contributed by atoms with E-state index >= 15 is 0 Å². The lowest BCUT2D eigenvalue weighted by Crippen LogP contribution is -2.26. The molecule has 1 aromatic carbocycles. The molecule has 1 amide bonds. The first-order valence-corrected chi connectivity index (χ1v) is 8.59. The Bertz CT molecular complexity index is 963. The van der Waals surface area contributed by atoms with E-state index in [-0.39, 0.29) is 12.3 Å². The number of amides is 1. The topological polar surface area (TPSA) is 101 Å². The summed E-state index contributed by atoms with van der Waals surface area (Å²) in [7, 11) is 0. The Morgan fingerprint density at radius 3 is 2.69 bits per heavy atom. The third-order valence-electron chi connectivity index (χ3n) is 4.51. The molecule has 7 nitrogen and oxygen atoms in total. The van der Waals surface area contributed by atoms with Crippen molar-refractivity contribution in [1.82, 2.24) is 19.9 Å². The van der Waals surface area contributed by atoms with E-state index in [0.717, 1.165) is 11.3 Å². The van der Waals surface area contributed by atoms with Gasteiger partial charge in [-0.1, -0.05) is 44.2 Å². The van der Waals surface area contributed by atoms with Crippen molar-refractivity contribution in [3.8, 4) is 11.6 Å². The number of carbonyl (C=O) groups is 1. The predicted molar refractivity (Wildman–Crippen MR) is 99.5 cm³/mol. The monoisotopic (exact) mass is 348 g/mol. The van der Waals surface area contributed by atoms with Crippen molar-refractivity contribution in [3.63, 3.8) is 0 Å². The fourth-order valence-electron chi connectivity index (χ4n) is 3.02. The van der Waals surface area contributed by atoms with Gasteiger partial charge in [-0.2, -0.15) is 0 Å². The first-order valence-electron chi connectivity index (χ1n) is 8.59. The van der Waals surface area contributed by atoms with Crippen LogP contribution >= 0.6 is 0 Å². The molecular formula is C19H20N6O. The smallest absolute Gasteiger partial charge is 0.233 e. The van der Waals surface area contributed by atoms with Crippen molar-refractivity contribution in [2.24, 2.45) is 0 Å². The van der Waals surface area contributed by atoms with E-state index in [1.54, 1.807) is 11.1 Å². The van der Waals surface area contributed by atoms with Crippen molar-refractivity contribution >= 4 is 17.5 Å². The molecule has 132 valence electrons. The van der Waals surface area contributed by atoms with Crippen LogP contribution in [0.15, 0.2) is 36.5 Å². The molecular weight excluding hydrogens is 328 g/mol. The molecule has 3 heterocycles. The SMILES string of the molecule is CC(C)c1cnc(-c2nc(N)c3c(n2)N(Cc2ccccc2)C(=O)C3)[nH]1. The van der Waals surface area contributed by atoms with E-state index in [2.05, 4.69) is 33.8 Å². The molecule has 0 bridgehead atoms. The molecule has 1 aliphatic rings. The number of fused-ring (bicyclic) bond motifs is 1. The maximum atomic E-state index is 12.5. The molecule has 2 aromatic heterocycles. The van der Waals surface area contributed by atoms with Crippen LogP contribution in [0.3, 0.4) is 0 Å². The number of aromatic amines is 1. The highest BCUT2D eigenvalue weighted by Gasteiger charge is 2.32. The second-order valence-corrected chi connectivity index (χ2v) is 6.72. The van der Waals surface area contributed by atoms with Crippen molar-refractivity contribution in [3.05, 3.63) is 53.3 Å². The number of nitrogens with two attached hydrogens (primary N) is 1. The summed E-state index contributed by atoms with van der Waals surface area (Å²) in [6.45, 7) is 4.61. The molecule has 4 rings (SSSR count). The summed E-state index contributed by atoms with van der Waals surface area (Å²) in [5.41, 5.74) is 8.84. The van der Waals surface area contributed by atoms with Crippen LogP contribution in [0.2, 0.25) is 0 Å². The number of carbonyl (C=O) groups excluding carboxylic acids is 1. The Labute approximate surface area is 151 Å². The third-order valence-corrected chi connectivity index (χ3v) is 4.51. The molecule has 0 saturated carbocycles. The highest BCUT2D eigenvalue weighted by Crippen LogP contribution is 2.33. The first-order chi connectivity index (χ1) is 12.5. The van der Waals surface area contributed by atoms with Crippen LogP contribution in [-0.4, -0.2) is 25.8 Å². The van der Waals surface area contributed by atoms with Crippen molar-refractivity contribution in [1.29, 1.82) is 0 Å². The van der Waals surface area contributed by atoms with E-state index in [9.17, 15) is 4.79 Å². The molecule has 0 aliphatic carbocycles. The zero-order valence-corrected chi connectivity index (χ0v) is 14.7. The number of aromatic nitrogens is 4. The Hall–Kier alpha value is -3.22. The number of nitrogens with one attached hydrogen (secondary N) is 1. The van der Waals surface area contributed by atoms with Crippen LogP contribution in [0.1, 0.15) is 36.6 Å². The highest BCUT2D eigenvalue weighted by molar-refractivity contribution is 6.01. The van der Waals surface area contributed by atoms with Gasteiger partial charge in [-0.25, -0.2) is 15.0 Å². The largest absolute Gasteiger partial charge is 0.383 e. The van der Waals surface area contributed by atoms with Gasteiger partial charge in [0.25, 0.3) is 0 Å². The standard InChI is InChI=1S/C19H20N6O/c1-11(2)14-9-21-17(22-14)18-23-16(20)13-8-15(26)25(19(13)24-18)10-12-6-4-3-5-7-12/h3-7,9,11H,8,10H2,1-2H3,(H,21,22)(H2,20,23,24). The molecule has 0 unspecified atom stereocenters. The lowest BCUT2D eigenvalue weighted by atomic mass is 10.2. The summed E-state index contributed by atoms with van der Waals surface area (Å²) < 4.78 is 0. The van der Waals surface area contributed by atoms with Crippen LogP contribution < -0.4 is 10.6 Å². The maximum Gasteiger partial charge on any atom is 0.233 e. The Balaban J connectivity index is 1.73. The number of hydrogen-bond acceptors (Lipinski definition) is 5. The average Bonchev–Trinajstić information content (AvgIpc) is 3.23. The van der Waals surface area contributed by atoms with Gasteiger partial charge < -0.3 is 10.7 Å². The molecule has 0 atom stereocenters. The predicted octanol–water partition coefficient (Wildman–Crippen LogP) is 2.66. The van der Waals surface area contributed by atoms with Crippen molar-refractivity contribution in [2.45, 2.75) is 32.7 Å². The summed E-state index contributed by atoms with van der Waals surface area (Å²) in [6.07, 6.45) is 2.00. The summed E-state index contributed by atoms with van der Waals surface area (Å²) >= 11 is 0. The number of hydrogen-bond donors (Lipinski definition) is 2. The molecule has 0 fully saturated rings. The fraction of sp³-hybridized carbons (Fsp3) is 0.263. The first kappa shape index (κ1) is 16.3. The third kappa shape index (κ3) is 2.81. The quantitative estimate of drug-likeness (QED) is 0.755. The van der Waals surface area contributed by atoms with Gasteiger partial charge in [0, 0.05) is 17.5 Å². The van der Waals surface area contributed by atoms with Crippen LogP contribution in [-0.2, 0) is 17.8 Å². The minimum atomic E-state index is -0.0238. The molecule has 3 N–H and O–H groups in total. The van der Waals surface area contributed by atoms with E-state index < -0.39 is 0 Å². The summed E-state index contributed by atoms with van der Waals surface area (Å²) in [6, 6.07) is 9.82. The van der Waals surface area contributed by atoms with E-state index in [1.807, 2.05) is 30.3 Å². The van der Waals surface area contributed by atoms with Crippen molar-refractivity contribution < 1.29 is 4.79 Å². The summed E-state index contributed by atoms with van der Waals surface area (Å²) in [5.74, 6) is 2.16. The van der Waals surface area contributed by atoms with E-state index in [4.69, 9.17) is 5.73 Å². The van der Waals surface area contributed by atoms with Crippen molar-refractivity contribution in [2.75, 3.05) is 10.6 Å². The number of nitrogens with zero attached hydrogens (tertiary/aromatic N) is 4. The van der Waals surface area contributed by atoms with Crippen LogP contribution in [0.25, 0.3) is 11.6 Å². The number of nitrogen functional groups attached to an aromatic ring is 1. The summed E-state index contributed by atoms with van der Waals surface area (Å²) in [5, 5.41) is 0. The second kappa shape index (κ2) is 6.25. The van der Waals surface area contributed by atoms with Gasteiger partial charge in [0.05, 0.1) is 13.0 Å². The minimum Gasteiger partial charge on any atom is -0.383 e.